The molecule has 0 radical (unpaired) electrons. The summed E-state index contributed by atoms with van der Waals surface area (Å²) in [7, 11) is 1.98. The number of rotatable bonds is 6. The number of benzene rings is 1. The Morgan fingerprint density at radius 2 is 1.62 bits per heavy atom. The molecule has 2 aliphatic carbocycles. The van der Waals surface area contributed by atoms with Crippen LogP contribution in [0, 0.1) is 17.8 Å². The minimum absolute atomic E-state index is 0.0271. The Hall–Kier alpha value is -2.14. The molecule has 5 heteroatoms. The first kappa shape index (κ1) is 20.1. The van der Waals surface area contributed by atoms with Crippen molar-refractivity contribution < 1.29 is 4.79 Å². The lowest BCUT2D eigenvalue weighted by Crippen LogP contribution is -2.47. The Labute approximate surface area is 174 Å². The van der Waals surface area contributed by atoms with Crippen molar-refractivity contribution in [3.63, 3.8) is 0 Å². The molecule has 0 saturated heterocycles. The predicted molar refractivity (Wildman–Crippen MR) is 117 cm³/mol. The standard InChI is InChI=1S/C24H34N4O/c1-28-16-26-15-21(28)17-11-13-20(14-12-17)27-24(29)23(25)22(19-9-5-6-10-19)18-7-3-2-4-8-18/h11-16,18-19,22-23H,2-10,25H2,1H3,(H,27,29)/t22?,23-/m0/s1. The molecule has 5 nitrogen and oxygen atoms in total. The Kier molecular flexibility index (Phi) is 6.34. The molecule has 2 atom stereocenters. The summed E-state index contributed by atoms with van der Waals surface area (Å²) in [5.74, 6) is 1.53. The second-order valence-electron chi connectivity index (χ2n) is 9.00. The van der Waals surface area contributed by atoms with E-state index >= 15 is 0 Å². The Balaban J connectivity index is 1.44. The number of anilines is 1. The highest BCUT2D eigenvalue weighted by atomic mass is 16.2. The lowest BCUT2D eigenvalue weighted by atomic mass is 9.70. The summed E-state index contributed by atoms with van der Waals surface area (Å²) in [5, 5.41) is 3.09. The van der Waals surface area contributed by atoms with E-state index in [1.165, 1.54) is 57.8 Å². The fourth-order valence-corrected chi connectivity index (χ4v) is 5.59. The fraction of sp³-hybridized carbons (Fsp3) is 0.583. The molecule has 1 aromatic heterocycles. The number of nitrogens with two attached hydrogens (primary N) is 1. The van der Waals surface area contributed by atoms with Gasteiger partial charge in [0.05, 0.1) is 24.3 Å². The van der Waals surface area contributed by atoms with Crippen LogP contribution in [0.15, 0.2) is 36.8 Å². The molecule has 0 bridgehead atoms. The number of imidazole rings is 1. The molecule has 2 saturated carbocycles. The van der Waals surface area contributed by atoms with Crippen LogP contribution in [-0.4, -0.2) is 21.5 Å². The van der Waals surface area contributed by atoms with E-state index in [0.717, 1.165) is 16.9 Å². The minimum atomic E-state index is -0.419. The molecule has 2 aromatic rings. The monoisotopic (exact) mass is 394 g/mol. The average molecular weight is 395 g/mol. The minimum Gasteiger partial charge on any atom is -0.334 e. The van der Waals surface area contributed by atoms with Gasteiger partial charge in [0.25, 0.3) is 0 Å². The average Bonchev–Trinajstić information content (AvgIpc) is 3.42. The largest absolute Gasteiger partial charge is 0.334 e. The van der Waals surface area contributed by atoms with E-state index in [4.69, 9.17) is 5.73 Å². The first-order valence-electron chi connectivity index (χ1n) is 11.3. The lowest BCUT2D eigenvalue weighted by Gasteiger charge is -2.37. The summed E-state index contributed by atoms with van der Waals surface area (Å²) in [6, 6.07) is 7.54. The highest BCUT2D eigenvalue weighted by Gasteiger charge is 2.38. The van der Waals surface area contributed by atoms with Crippen LogP contribution in [0.5, 0.6) is 0 Å². The fourth-order valence-electron chi connectivity index (χ4n) is 5.59. The quantitative estimate of drug-likeness (QED) is 0.743. The van der Waals surface area contributed by atoms with Gasteiger partial charge >= 0.3 is 0 Å². The molecule has 1 aromatic carbocycles. The zero-order valence-corrected chi connectivity index (χ0v) is 17.5. The van der Waals surface area contributed by atoms with E-state index in [2.05, 4.69) is 10.3 Å². The highest BCUT2D eigenvalue weighted by Crippen LogP contribution is 2.42. The van der Waals surface area contributed by atoms with Gasteiger partial charge in [0.15, 0.2) is 0 Å². The second-order valence-corrected chi connectivity index (χ2v) is 9.00. The molecular formula is C24H34N4O. The van der Waals surface area contributed by atoms with Crippen molar-refractivity contribution >= 4 is 11.6 Å². The molecule has 1 heterocycles. The third-order valence-corrected chi connectivity index (χ3v) is 7.12. The Bertz CT molecular complexity index is 801. The van der Waals surface area contributed by atoms with Gasteiger partial charge < -0.3 is 15.6 Å². The van der Waals surface area contributed by atoms with E-state index < -0.39 is 6.04 Å². The van der Waals surface area contributed by atoms with Crippen LogP contribution in [0.4, 0.5) is 5.69 Å². The van der Waals surface area contributed by atoms with Crippen LogP contribution in [0.1, 0.15) is 57.8 Å². The molecule has 29 heavy (non-hydrogen) atoms. The normalized spacial score (nSPS) is 20.5. The van der Waals surface area contributed by atoms with Gasteiger partial charge in [-0.3, -0.25) is 4.79 Å². The topological polar surface area (TPSA) is 72.9 Å². The first-order chi connectivity index (χ1) is 14.1. The summed E-state index contributed by atoms with van der Waals surface area (Å²) in [4.78, 5) is 17.2. The van der Waals surface area contributed by atoms with E-state index in [1.807, 2.05) is 42.1 Å². The summed E-state index contributed by atoms with van der Waals surface area (Å²) in [6.07, 6.45) is 15.1. The number of aromatic nitrogens is 2. The highest BCUT2D eigenvalue weighted by molar-refractivity contribution is 5.95. The van der Waals surface area contributed by atoms with Crippen LogP contribution in [-0.2, 0) is 11.8 Å². The lowest BCUT2D eigenvalue weighted by molar-refractivity contribution is -0.119. The molecule has 3 N–H and O–H groups in total. The van der Waals surface area contributed by atoms with Crippen molar-refractivity contribution in [1.82, 2.24) is 9.55 Å². The van der Waals surface area contributed by atoms with Gasteiger partial charge in [-0.05, 0) is 35.4 Å². The SMILES string of the molecule is Cn1cncc1-c1ccc(NC(=O)[C@@H](N)C(C2CCCCC2)C2CCCC2)cc1. The third kappa shape index (κ3) is 4.55. The van der Waals surface area contributed by atoms with Gasteiger partial charge in [-0.2, -0.15) is 0 Å². The Morgan fingerprint density at radius 3 is 2.17 bits per heavy atom. The van der Waals surface area contributed by atoms with Crippen LogP contribution in [0.3, 0.4) is 0 Å². The molecule has 0 spiro atoms. The van der Waals surface area contributed by atoms with Crippen LogP contribution < -0.4 is 11.1 Å². The first-order valence-corrected chi connectivity index (χ1v) is 11.3. The number of amides is 1. The maximum Gasteiger partial charge on any atom is 0.241 e. The van der Waals surface area contributed by atoms with E-state index in [1.54, 1.807) is 6.33 Å². The smallest absolute Gasteiger partial charge is 0.241 e. The number of nitrogens with zero attached hydrogens (tertiary/aromatic N) is 2. The van der Waals surface area contributed by atoms with Crippen LogP contribution >= 0.6 is 0 Å². The van der Waals surface area contributed by atoms with Gasteiger partial charge in [-0.15, -0.1) is 0 Å². The number of hydrogen-bond donors (Lipinski definition) is 2. The van der Waals surface area contributed by atoms with Crippen LogP contribution in [0.2, 0.25) is 0 Å². The molecule has 156 valence electrons. The van der Waals surface area contributed by atoms with Crippen molar-refractivity contribution in [3.8, 4) is 11.3 Å². The zero-order valence-electron chi connectivity index (χ0n) is 17.5. The summed E-state index contributed by atoms with van der Waals surface area (Å²) >= 11 is 0. The summed E-state index contributed by atoms with van der Waals surface area (Å²) in [6.45, 7) is 0. The molecule has 1 amide bonds. The number of nitrogens with one attached hydrogen (secondary N) is 1. The van der Waals surface area contributed by atoms with Crippen LogP contribution in [0.25, 0.3) is 11.3 Å². The van der Waals surface area contributed by atoms with Crippen molar-refractivity contribution in [3.05, 3.63) is 36.8 Å². The van der Waals surface area contributed by atoms with E-state index in [9.17, 15) is 4.79 Å². The molecule has 1 unspecified atom stereocenters. The Morgan fingerprint density at radius 1 is 1.03 bits per heavy atom. The van der Waals surface area contributed by atoms with Gasteiger partial charge in [0.2, 0.25) is 5.91 Å². The summed E-state index contributed by atoms with van der Waals surface area (Å²) < 4.78 is 1.99. The second kappa shape index (κ2) is 9.12. The zero-order chi connectivity index (χ0) is 20.2. The van der Waals surface area contributed by atoms with Gasteiger partial charge in [-0.25, -0.2) is 4.98 Å². The van der Waals surface area contributed by atoms with E-state index in [-0.39, 0.29) is 5.91 Å². The summed E-state index contributed by atoms with van der Waals surface area (Å²) in [5.41, 5.74) is 9.57. The predicted octanol–water partition coefficient (Wildman–Crippen LogP) is 4.74. The molecule has 2 fully saturated rings. The number of carbonyl (C=O) groups is 1. The van der Waals surface area contributed by atoms with Crippen molar-refractivity contribution in [2.75, 3.05) is 5.32 Å². The third-order valence-electron chi connectivity index (χ3n) is 7.12. The number of hydrogen-bond acceptors (Lipinski definition) is 3. The van der Waals surface area contributed by atoms with Crippen molar-refractivity contribution in [2.45, 2.75) is 63.8 Å². The van der Waals surface area contributed by atoms with Crippen molar-refractivity contribution in [1.29, 1.82) is 0 Å². The molecule has 4 rings (SSSR count). The number of carbonyl (C=O) groups excluding carboxylic acids is 1. The maximum atomic E-state index is 13.1. The molecule has 0 aliphatic heterocycles. The maximum absolute atomic E-state index is 13.1. The number of aryl methyl sites for hydroxylation is 1. The van der Waals surface area contributed by atoms with Gasteiger partial charge in [0.1, 0.15) is 0 Å². The van der Waals surface area contributed by atoms with Gasteiger partial charge in [-0.1, -0.05) is 69.9 Å². The molecular weight excluding hydrogens is 360 g/mol. The van der Waals surface area contributed by atoms with Gasteiger partial charge in [0, 0.05) is 12.7 Å². The molecule has 2 aliphatic rings. The van der Waals surface area contributed by atoms with E-state index in [0.29, 0.717) is 17.8 Å². The van der Waals surface area contributed by atoms with Crippen molar-refractivity contribution in [2.24, 2.45) is 30.5 Å².